The minimum absolute atomic E-state index is 0.104. The second-order valence-corrected chi connectivity index (χ2v) is 4.85. The molecule has 1 rings (SSSR count). The van der Waals surface area contributed by atoms with Gasteiger partial charge in [0.1, 0.15) is 6.10 Å². The van der Waals surface area contributed by atoms with Crippen molar-refractivity contribution in [2.45, 2.75) is 52.6 Å². The molecule has 1 aromatic heterocycles. The highest BCUT2D eigenvalue weighted by Gasteiger charge is 2.26. The molecule has 0 bridgehead atoms. The summed E-state index contributed by atoms with van der Waals surface area (Å²) in [5, 5.41) is 12.8. The van der Waals surface area contributed by atoms with Crippen molar-refractivity contribution in [3.05, 3.63) is 11.7 Å². The third kappa shape index (κ3) is 3.54. The van der Waals surface area contributed by atoms with Gasteiger partial charge in [-0.2, -0.15) is 10.2 Å². The third-order valence-corrected chi connectivity index (χ3v) is 3.36. The van der Waals surface area contributed by atoms with E-state index in [1.807, 2.05) is 6.92 Å². The molecule has 0 aliphatic carbocycles. The first-order chi connectivity index (χ1) is 8.58. The summed E-state index contributed by atoms with van der Waals surface area (Å²) in [5.74, 6) is 1.17. The summed E-state index contributed by atoms with van der Waals surface area (Å²) >= 11 is 0. The molecule has 0 aliphatic rings. The van der Waals surface area contributed by atoms with Crippen LogP contribution in [0.15, 0.2) is 4.52 Å². The lowest BCUT2D eigenvalue weighted by Gasteiger charge is -2.22. The summed E-state index contributed by atoms with van der Waals surface area (Å²) in [6.45, 7) is 6.14. The van der Waals surface area contributed by atoms with Crippen molar-refractivity contribution >= 4 is 0 Å². The van der Waals surface area contributed by atoms with Gasteiger partial charge in [0.05, 0.1) is 6.07 Å². The Kier molecular flexibility index (Phi) is 5.29. The van der Waals surface area contributed by atoms with Crippen LogP contribution in [-0.2, 0) is 11.2 Å². The van der Waals surface area contributed by atoms with Gasteiger partial charge in [0.25, 0.3) is 0 Å². The van der Waals surface area contributed by atoms with E-state index in [1.165, 1.54) is 0 Å². The van der Waals surface area contributed by atoms with Crippen molar-refractivity contribution in [2.24, 2.45) is 5.41 Å². The molecule has 1 aromatic rings. The number of hydrogen-bond donors (Lipinski definition) is 0. The quantitative estimate of drug-likeness (QED) is 0.744. The lowest BCUT2D eigenvalue weighted by molar-refractivity contribution is 0.0903. The molecule has 0 aromatic carbocycles. The molecule has 2 unspecified atom stereocenters. The maximum Gasteiger partial charge on any atom is 0.227 e. The minimum Gasteiger partial charge on any atom is -0.373 e. The zero-order chi connectivity index (χ0) is 13.6. The zero-order valence-electron chi connectivity index (χ0n) is 11.6. The van der Waals surface area contributed by atoms with Crippen molar-refractivity contribution in [3.8, 4) is 6.07 Å². The molecule has 100 valence electrons. The Balaban J connectivity index is 2.77. The fraction of sp³-hybridized carbons (Fsp3) is 0.769. The minimum atomic E-state index is -0.119. The number of aromatic nitrogens is 2. The first-order valence-corrected chi connectivity index (χ1v) is 6.30. The Morgan fingerprint density at radius 1 is 1.50 bits per heavy atom. The fourth-order valence-electron chi connectivity index (χ4n) is 1.79. The normalized spacial score (nSPS) is 15.9. The van der Waals surface area contributed by atoms with E-state index in [4.69, 9.17) is 14.5 Å². The summed E-state index contributed by atoms with van der Waals surface area (Å²) in [5.41, 5.74) is -0.104. The number of methoxy groups -OCH3 is 1. The lowest BCUT2D eigenvalue weighted by Crippen LogP contribution is -2.18. The molecule has 5 nitrogen and oxygen atoms in total. The third-order valence-electron chi connectivity index (χ3n) is 3.36. The first kappa shape index (κ1) is 14.7. The van der Waals surface area contributed by atoms with E-state index >= 15 is 0 Å². The Hall–Kier alpha value is -1.41. The van der Waals surface area contributed by atoms with Gasteiger partial charge in [-0.1, -0.05) is 25.9 Å². The highest BCUT2D eigenvalue weighted by molar-refractivity contribution is 4.96. The van der Waals surface area contributed by atoms with Gasteiger partial charge in [0.2, 0.25) is 11.7 Å². The van der Waals surface area contributed by atoms with Crippen LogP contribution < -0.4 is 0 Å². The molecule has 0 spiro atoms. The summed E-state index contributed by atoms with van der Waals surface area (Å²) in [6, 6.07) is 2.22. The zero-order valence-corrected chi connectivity index (χ0v) is 11.6. The van der Waals surface area contributed by atoms with Crippen LogP contribution >= 0.6 is 0 Å². The predicted molar refractivity (Wildman–Crippen MR) is 66.7 cm³/mol. The monoisotopic (exact) mass is 251 g/mol. The summed E-state index contributed by atoms with van der Waals surface area (Å²) in [4.78, 5) is 4.36. The Bertz CT molecular complexity index is 407. The number of ether oxygens (including phenoxy) is 1. The number of nitriles is 1. The van der Waals surface area contributed by atoms with E-state index in [0.29, 0.717) is 24.6 Å². The Morgan fingerprint density at radius 3 is 2.72 bits per heavy atom. The second kappa shape index (κ2) is 6.50. The smallest absolute Gasteiger partial charge is 0.227 e. The van der Waals surface area contributed by atoms with Crippen molar-refractivity contribution in [1.82, 2.24) is 10.1 Å². The molecule has 0 saturated carbocycles. The SMILES string of the molecule is CCC(OC)c1noc(CC(C)(CC)CC#N)n1. The van der Waals surface area contributed by atoms with E-state index in [2.05, 4.69) is 30.1 Å². The molecule has 0 N–H and O–H groups in total. The van der Waals surface area contributed by atoms with Gasteiger partial charge in [-0.15, -0.1) is 0 Å². The predicted octanol–water partition coefficient (Wildman–Crippen LogP) is 3.04. The van der Waals surface area contributed by atoms with Crippen molar-refractivity contribution in [3.63, 3.8) is 0 Å². The van der Waals surface area contributed by atoms with Gasteiger partial charge in [0.15, 0.2) is 0 Å². The molecular weight excluding hydrogens is 230 g/mol. The summed E-state index contributed by atoms with van der Waals surface area (Å²) in [7, 11) is 1.63. The summed E-state index contributed by atoms with van der Waals surface area (Å²) in [6.07, 6.45) is 2.71. The van der Waals surface area contributed by atoms with Gasteiger partial charge in [-0.05, 0) is 18.3 Å². The molecule has 0 radical (unpaired) electrons. The Morgan fingerprint density at radius 2 is 2.22 bits per heavy atom. The maximum absolute atomic E-state index is 8.84. The van der Waals surface area contributed by atoms with E-state index in [0.717, 1.165) is 12.8 Å². The molecule has 0 saturated heterocycles. The van der Waals surface area contributed by atoms with Crippen LogP contribution in [0.25, 0.3) is 0 Å². The molecule has 5 heteroatoms. The maximum atomic E-state index is 8.84. The van der Waals surface area contributed by atoms with Gasteiger partial charge in [0, 0.05) is 20.0 Å². The first-order valence-electron chi connectivity index (χ1n) is 6.30. The summed E-state index contributed by atoms with van der Waals surface area (Å²) < 4.78 is 10.5. The molecule has 0 aliphatic heterocycles. The van der Waals surface area contributed by atoms with E-state index in [9.17, 15) is 0 Å². The average molecular weight is 251 g/mol. The van der Waals surface area contributed by atoms with Gasteiger partial charge in [-0.3, -0.25) is 0 Å². The average Bonchev–Trinajstić information content (AvgIpc) is 2.79. The molecule has 1 heterocycles. The highest BCUT2D eigenvalue weighted by atomic mass is 16.5. The van der Waals surface area contributed by atoms with Gasteiger partial charge >= 0.3 is 0 Å². The molecular formula is C13H21N3O2. The van der Waals surface area contributed by atoms with Crippen LogP contribution in [-0.4, -0.2) is 17.3 Å². The number of nitrogens with zero attached hydrogens (tertiary/aromatic N) is 3. The van der Waals surface area contributed by atoms with Crippen LogP contribution in [0.4, 0.5) is 0 Å². The van der Waals surface area contributed by atoms with Gasteiger partial charge in [-0.25, -0.2) is 0 Å². The Labute approximate surface area is 108 Å². The number of hydrogen-bond acceptors (Lipinski definition) is 5. The second-order valence-electron chi connectivity index (χ2n) is 4.85. The lowest BCUT2D eigenvalue weighted by atomic mass is 9.81. The van der Waals surface area contributed by atoms with E-state index in [-0.39, 0.29) is 11.5 Å². The van der Waals surface area contributed by atoms with Crippen LogP contribution in [0.3, 0.4) is 0 Å². The topological polar surface area (TPSA) is 71.9 Å². The molecule has 18 heavy (non-hydrogen) atoms. The van der Waals surface area contributed by atoms with Crippen molar-refractivity contribution < 1.29 is 9.26 Å². The van der Waals surface area contributed by atoms with Gasteiger partial charge < -0.3 is 9.26 Å². The standard InChI is InChI=1S/C13H21N3O2/c1-5-10(17-4)12-15-11(18-16-12)9-13(3,6-2)7-8-14/h10H,5-7,9H2,1-4H3. The van der Waals surface area contributed by atoms with Crippen LogP contribution in [0.5, 0.6) is 0 Å². The molecule has 0 amide bonds. The van der Waals surface area contributed by atoms with Crippen LogP contribution in [0.1, 0.15) is 57.9 Å². The molecule has 2 atom stereocenters. The van der Waals surface area contributed by atoms with E-state index < -0.39 is 0 Å². The van der Waals surface area contributed by atoms with E-state index in [1.54, 1.807) is 7.11 Å². The van der Waals surface area contributed by atoms with Crippen molar-refractivity contribution in [1.29, 1.82) is 5.26 Å². The highest BCUT2D eigenvalue weighted by Crippen LogP contribution is 2.30. The van der Waals surface area contributed by atoms with Crippen LogP contribution in [0, 0.1) is 16.7 Å². The van der Waals surface area contributed by atoms with Crippen LogP contribution in [0.2, 0.25) is 0 Å². The molecule has 0 fully saturated rings. The largest absolute Gasteiger partial charge is 0.373 e. The number of rotatable bonds is 7. The fourth-order valence-corrected chi connectivity index (χ4v) is 1.79. The van der Waals surface area contributed by atoms with Crippen molar-refractivity contribution in [2.75, 3.05) is 7.11 Å².